The summed E-state index contributed by atoms with van der Waals surface area (Å²) in [5, 5.41) is 4.11. The molecule has 2 heterocycles. The number of ether oxygens (including phenoxy) is 1. The van der Waals surface area contributed by atoms with Gasteiger partial charge in [-0.1, -0.05) is 53.2 Å². The monoisotopic (exact) mass is 377 g/mol. The van der Waals surface area contributed by atoms with Crippen LogP contribution in [0.2, 0.25) is 0 Å². The molecule has 144 valence electrons. The number of nitrogens with zero attached hydrogens (tertiary/aromatic N) is 3. The van der Waals surface area contributed by atoms with E-state index < -0.39 is 0 Å². The molecule has 6 nitrogen and oxygen atoms in total. The molecule has 3 aromatic rings. The van der Waals surface area contributed by atoms with Crippen LogP contribution in [0.3, 0.4) is 0 Å². The molecule has 28 heavy (non-hydrogen) atoms. The Morgan fingerprint density at radius 2 is 2.04 bits per heavy atom. The highest BCUT2D eigenvalue weighted by Crippen LogP contribution is 2.31. The van der Waals surface area contributed by atoms with Crippen LogP contribution in [-0.4, -0.2) is 27.5 Å². The van der Waals surface area contributed by atoms with Gasteiger partial charge in [-0.15, -0.1) is 0 Å². The van der Waals surface area contributed by atoms with Gasteiger partial charge in [0, 0.05) is 12.1 Å². The van der Waals surface area contributed by atoms with E-state index in [1.54, 1.807) is 0 Å². The Balaban J connectivity index is 1.40. The molecule has 0 saturated carbocycles. The van der Waals surface area contributed by atoms with E-state index >= 15 is 0 Å². The van der Waals surface area contributed by atoms with Gasteiger partial charge in [-0.25, -0.2) is 0 Å². The topological polar surface area (TPSA) is 68.5 Å². The summed E-state index contributed by atoms with van der Waals surface area (Å²) in [4.78, 5) is 19.2. The first kappa shape index (κ1) is 18.4. The number of carbonyl (C=O) groups excluding carboxylic acids is 1. The maximum Gasteiger partial charge on any atom is 0.254 e. The molecule has 1 amide bonds. The number of aromatic nitrogens is 2. The summed E-state index contributed by atoms with van der Waals surface area (Å²) in [5.41, 5.74) is 2.86. The second-order valence-corrected chi connectivity index (χ2v) is 7.05. The Hall–Kier alpha value is -2.99. The van der Waals surface area contributed by atoms with Crippen molar-refractivity contribution >= 4 is 5.91 Å². The molecular formula is C22H23N3O3. The van der Waals surface area contributed by atoms with Gasteiger partial charge in [-0.05, 0) is 37.5 Å². The number of hydrogen-bond donors (Lipinski definition) is 0. The van der Waals surface area contributed by atoms with Crippen molar-refractivity contribution in [2.24, 2.45) is 0 Å². The maximum atomic E-state index is 12.9. The molecule has 0 radical (unpaired) electrons. The van der Waals surface area contributed by atoms with Gasteiger partial charge in [0.1, 0.15) is 6.61 Å². The van der Waals surface area contributed by atoms with Crippen molar-refractivity contribution in [2.75, 3.05) is 6.54 Å². The van der Waals surface area contributed by atoms with E-state index in [0.717, 1.165) is 24.0 Å². The fourth-order valence-electron chi connectivity index (χ4n) is 3.51. The first-order chi connectivity index (χ1) is 13.7. The number of benzene rings is 2. The summed E-state index contributed by atoms with van der Waals surface area (Å²) in [6, 6.07) is 17.4. The van der Waals surface area contributed by atoms with Crippen LogP contribution in [0.15, 0.2) is 59.1 Å². The van der Waals surface area contributed by atoms with Crippen molar-refractivity contribution in [1.29, 1.82) is 0 Å². The fraction of sp³-hybridized carbons (Fsp3) is 0.318. The van der Waals surface area contributed by atoms with Gasteiger partial charge in [0.05, 0.1) is 12.6 Å². The molecule has 0 N–H and O–H groups in total. The number of amides is 1. The molecule has 0 spiro atoms. The number of aryl methyl sites for hydroxylation is 1. The highest BCUT2D eigenvalue weighted by Gasteiger charge is 2.33. The van der Waals surface area contributed by atoms with Gasteiger partial charge >= 0.3 is 0 Å². The molecule has 0 bridgehead atoms. The van der Waals surface area contributed by atoms with E-state index in [0.29, 0.717) is 30.4 Å². The third-order valence-corrected chi connectivity index (χ3v) is 4.90. The van der Waals surface area contributed by atoms with E-state index in [9.17, 15) is 4.79 Å². The highest BCUT2D eigenvalue weighted by molar-refractivity contribution is 5.94. The largest absolute Gasteiger partial charge is 0.367 e. The maximum absolute atomic E-state index is 12.9. The van der Waals surface area contributed by atoms with Crippen LogP contribution in [0.25, 0.3) is 0 Å². The van der Waals surface area contributed by atoms with E-state index in [2.05, 4.69) is 10.1 Å². The van der Waals surface area contributed by atoms with E-state index in [-0.39, 0.29) is 18.6 Å². The zero-order valence-electron chi connectivity index (χ0n) is 15.9. The predicted molar refractivity (Wildman–Crippen MR) is 103 cm³/mol. The van der Waals surface area contributed by atoms with Crippen LogP contribution in [0.4, 0.5) is 0 Å². The summed E-state index contributed by atoms with van der Waals surface area (Å²) in [6.45, 7) is 3.42. The molecule has 1 fully saturated rings. The molecule has 0 aliphatic carbocycles. The van der Waals surface area contributed by atoms with Crippen molar-refractivity contribution in [1.82, 2.24) is 15.0 Å². The smallest absolute Gasteiger partial charge is 0.254 e. The average Bonchev–Trinajstić information content (AvgIpc) is 3.37. The van der Waals surface area contributed by atoms with Crippen molar-refractivity contribution in [3.63, 3.8) is 0 Å². The lowest BCUT2D eigenvalue weighted by Gasteiger charge is -2.22. The minimum Gasteiger partial charge on any atom is -0.367 e. The van der Waals surface area contributed by atoms with Crippen LogP contribution in [0.5, 0.6) is 0 Å². The number of carbonyl (C=O) groups is 1. The standard InChI is InChI=1S/C22H23N3O3/c1-16-7-5-10-18(13-16)22(26)25-12-6-11-19(25)21-23-20(28-24-21)15-27-14-17-8-3-2-4-9-17/h2-5,7-10,13,19H,6,11-12,14-15H2,1H3. The van der Waals surface area contributed by atoms with Crippen molar-refractivity contribution in [3.8, 4) is 0 Å². The van der Waals surface area contributed by atoms with Crippen LogP contribution in [-0.2, 0) is 18.0 Å². The lowest BCUT2D eigenvalue weighted by Crippen LogP contribution is -2.31. The Kier molecular flexibility index (Phi) is 5.48. The molecule has 1 aliphatic rings. The Bertz CT molecular complexity index is 939. The van der Waals surface area contributed by atoms with Crippen molar-refractivity contribution in [3.05, 3.63) is 83.0 Å². The predicted octanol–water partition coefficient (Wildman–Crippen LogP) is 4.07. The number of hydrogen-bond acceptors (Lipinski definition) is 5. The summed E-state index contributed by atoms with van der Waals surface area (Å²) in [5.74, 6) is 0.996. The quantitative estimate of drug-likeness (QED) is 0.648. The van der Waals surface area contributed by atoms with Crippen LogP contribution >= 0.6 is 0 Å². The zero-order valence-corrected chi connectivity index (χ0v) is 15.9. The van der Waals surface area contributed by atoms with Gasteiger partial charge < -0.3 is 14.2 Å². The molecule has 1 saturated heterocycles. The molecule has 4 rings (SSSR count). The Labute approximate surface area is 164 Å². The fourth-order valence-corrected chi connectivity index (χ4v) is 3.51. The summed E-state index contributed by atoms with van der Waals surface area (Å²) >= 11 is 0. The molecule has 1 unspecified atom stereocenters. The van der Waals surface area contributed by atoms with Crippen LogP contribution < -0.4 is 0 Å². The average molecular weight is 377 g/mol. The van der Waals surface area contributed by atoms with Crippen molar-refractivity contribution < 1.29 is 14.1 Å². The van der Waals surface area contributed by atoms with Crippen molar-refractivity contribution in [2.45, 2.75) is 39.0 Å². The summed E-state index contributed by atoms with van der Waals surface area (Å²) < 4.78 is 11.0. The van der Waals surface area contributed by atoms with Gasteiger partial charge in [0.2, 0.25) is 0 Å². The number of likely N-dealkylation sites (tertiary alicyclic amines) is 1. The second-order valence-electron chi connectivity index (χ2n) is 7.05. The summed E-state index contributed by atoms with van der Waals surface area (Å²) in [7, 11) is 0. The lowest BCUT2D eigenvalue weighted by atomic mass is 10.1. The van der Waals surface area contributed by atoms with Gasteiger partial charge in [-0.2, -0.15) is 4.98 Å². The SMILES string of the molecule is Cc1cccc(C(=O)N2CCCC2c2noc(COCc3ccccc3)n2)c1. The first-order valence-electron chi connectivity index (χ1n) is 9.52. The molecule has 6 heteroatoms. The Morgan fingerprint density at radius 3 is 2.86 bits per heavy atom. The van der Waals surface area contributed by atoms with Gasteiger partial charge in [0.25, 0.3) is 11.8 Å². The van der Waals surface area contributed by atoms with Gasteiger partial charge in [0.15, 0.2) is 5.82 Å². The third kappa shape index (κ3) is 4.12. The minimum absolute atomic E-state index is 0.0119. The van der Waals surface area contributed by atoms with E-state index in [1.165, 1.54) is 0 Å². The molecular weight excluding hydrogens is 354 g/mol. The third-order valence-electron chi connectivity index (χ3n) is 4.90. The highest BCUT2D eigenvalue weighted by atomic mass is 16.5. The first-order valence-corrected chi connectivity index (χ1v) is 9.52. The Morgan fingerprint density at radius 1 is 1.18 bits per heavy atom. The number of rotatable bonds is 6. The van der Waals surface area contributed by atoms with E-state index in [4.69, 9.17) is 9.26 Å². The minimum atomic E-state index is -0.153. The molecule has 1 aliphatic heterocycles. The molecule has 1 aromatic heterocycles. The molecule has 1 atom stereocenters. The molecule has 2 aromatic carbocycles. The van der Waals surface area contributed by atoms with Crippen LogP contribution in [0, 0.1) is 6.92 Å². The normalized spacial score (nSPS) is 16.5. The second kappa shape index (κ2) is 8.35. The lowest BCUT2D eigenvalue weighted by molar-refractivity contribution is 0.0728. The zero-order chi connectivity index (χ0) is 19.3. The van der Waals surface area contributed by atoms with E-state index in [1.807, 2.05) is 66.4 Å². The van der Waals surface area contributed by atoms with Gasteiger partial charge in [-0.3, -0.25) is 4.79 Å². The summed E-state index contributed by atoms with van der Waals surface area (Å²) in [6.07, 6.45) is 1.76. The van der Waals surface area contributed by atoms with Crippen LogP contribution in [0.1, 0.15) is 52.1 Å².